The molecule has 2 aromatic rings. The maximum Gasteiger partial charge on any atom is 0.310 e. The molecule has 0 bridgehead atoms. The van der Waals surface area contributed by atoms with E-state index in [-0.39, 0.29) is 11.8 Å². The lowest BCUT2D eigenvalue weighted by molar-refractivity contribution is -0.139. The summed E-state index contributed by atoms with van der Waals surface area (Å²) in [5.74, 6) is -1.55. The van der Waals surface area contributed by atoms with E-state index in [2.05, 4.69) is 10.1 Å². The largest absolute Gasteiger partial charge is 0.505 e. The molecule has 0 aliphatic heterocycles. The Labute approximate surface area is 122 Å². The Balaban J connectivity index is 2.66. The van der Waals surface area contributed by atoms with E-state index in [1.54, 1.807) is 6.07 Å². The number of carbonyl (C=O) groups is 1. The summed E-state index contributed by atoms with van der Waals surface area (Å²) in [5, 5.41) is 12.9. The van der Waals surface area contributed by atoms with E-state index in [1.165, 1.54) is 13.2 Å². The predicted octanol–water partition coefficient (Wildman–Crippen LogP) is 1.73. The Kier molecular flexibility index (Phi) is 4.47. The van der Waals surface area contributed by atoms with Crippen molar-refractivity contribution in [3.63, 3.8) is 0 Å². The highest BCUT2D eigenvalue weighted by Crippen LogP contribution is 2.33. The predicted molar refractivity (Wildman–Crippen MR) is 77.9 cm³/mol. The molecule has 0 aliphatic rings. The van der Waals surface area contributed by atoms with Crippen LogP contribution in [0.15, 0.2) is 12.1 Å². The molecule has 0 fully saturated rings. The number of methoxy groups -OCH3 is 1. The molecule has 0 amide bonds. The van der Waals surface area contributed by atoms with Crippen LogP contribution in [0.3, 0.4) is 0 Å². The first-order valence-corrected chi connectivity index (χ1v) is 6.71. The molecule has 0 aliphatic carbocycles. The fourth-order valence-corrected chi connectivity index (χ4v) is 2.54. The monoisotopic (exact) mass is 294 g/mol. The molecular weight excluding hydrogens is 275 g/mol. The number of likely N-dealkylation sites (N-methyl/N-ethyl adjacent to an activating group) is 1. The van der Waals surface area contributed by atoms with Crippen molar-refractivity contribution < 1.29 is 19.0 Å². The van der Waals surface area contributed by atoms with Gasteiger partial charge >= 0.3 is 5.97 Å². The molecule has 0 unspecified atom stereocenters. The zero-order chi connectivity index (χ0) is 15.6. The SMILES string of the molecule is CNCCn1c(C)c(CC(=O)OC)c2c(F)c(O)ccc21. The molecule has 1 heterocycles. The van der Waals surface area contributed by atoms with E-state index in [4.69, 9.17) is 0 Å². The number of nitrogens with one attached hydrogen (secondary N) is 1. The van der Waals surface area contributed by atoms with Crippen molar-refractivity contribution in [2.75, 3.05) is 20.7 Å². The number of rotatable bonds is 5. The molecule has 0 saturated carbocycles. The molecule has 5 nitrogen and oxygen atoms in total. The number of phenols is 1. The average Bonchev–Trinajstić information content (AvgIpc) is 2.73. The normalized spacial score (nSPS) is 11.0. The van der Waals surface area contributed by atoms with Gasteiger partial charge in [-0.1, -0.05) is 0 Å². The van der Waals surface area contributed by atoms with Gasteiger partial charge < -0.3 is 19.7 Å². The van der Waals surface area contributed by atoms with Crippen LogP contribution in [0.1, 0.15) is 11.3 Å². The highest BCUT2D eigenvalue weighted by molar-refractivity contribution is 5.91. The summed E-state index contributed by atoms with van der Waals surface area (Å²) in [6.45, 7) is 3.19. The fourth-order valence-electron chi connectivity index (χ4n) is 2.54. The Morgan fingerprint density at radius 3 is 2.81 bits per heavy atom. The lowest BCUT2D eigenvalue weighted by Gasteiger charge is -2.08. The minimum absolute atomic E-state index is 0.0221. The first kappa shape index (κ1) is 15.3. The van der Waals surface area contributed by atoms with Crippen molar-refractivity contribution in [2.45, 2.75) is 19.9 Å². The quantitative estimate of drug-likeness (QED) is 0.824. The minimum atomic E-state index is -0.697. The van der Waals surface area contributed by atoms with Gasteiger partial charge in [0.1, 0.15) is 0 Å². The number of benzene rings is 1. The molecule has 0 radical (unpaired) electrons. The first-order chi connectivity index (χ1) is 10.0. The van der Waals surface area contributed by atoms with Gasteiger partial charge in [-0.2, -0.15) is 0 Å². The van der Waals surface area contributed by atoms with Crippen LogP contribution in [-0.4, -0.2) is 36.3 Å². The number of aromatic nitrogens is 1. The lowest BCUT2D eigenvalue weighted by Crippen LogP contribution is -2.16. The molecule has 0 spiro atoms. The van der Waals surface area contributed by atoms with Gasteiger partial charge in [-0.3, -0.25) is 4.79 Å². The van der Waals surface area contributed by atoms with Gasteiger partial charge in [0.15, 0.2) is 11.6 Å². The highest BCUT2D eigenvalue weighted by Gasteiger charge is 2.21. The Bertz CT molecular complexity index is 679. The number of hydrogen-bond acceptors (Lipinski definition) is 4. The second kappa shape index (κ2) is 6.13. The number of hydrogen-bond donors (Lipinski definition) is 2. The van der Waals surface area contributed by atoms with E-state index in [1.807, 2.05) is 18.5 Å². The molecule has 1 aromatic carbocycles. The highest BCUT2D eigenvalue weighted by atomic mass is 19.1. The summed E-state index contributed by atoms with van der Waals surface area (Å²) in [7, 11) is 3.13. The molecule has 2 N–H and O–H groups in total. The van der Waals surface area contributed by atoms with Crippen LogP contribution in [0.5, 0.6) is 5.75 Å². The van der Waals surface area contributed by atoms with Crippen LogP contribution in [-0.2, 0) is 22.5 Å². The van der Waals surface area contributed by atoms with Crippen molar-refractivity contribution >= 4 is 16.9 Å². The summed E-state index contributed by atoms with van der Waals surface area (Å²) in [6.07, 6.45) is -0.0221. The summed E-state index contributed by atoms with van der Waals surface area (Å²) >= 11 is 0. The second-order valence-corrected chi connectivity index (χ2v) is 4.86. The van der Waals surface area contributed by atoms with Crippen LogP contribution in [0.4, 0.5) is 4.39 Å². The topological polar surface area (TPSA) is 63.5 Å². The van der Waals surface area contributed by atoms with Gasteiger partial charge in [0.05, 0.1) is 19.0 Å². The van der Waals surface area contributed by atoms with Gasteiger partial charge in [0.25, 0.3) is 0 Å². The number of carbonyl (C=O) groups excluding carboxylic acids is 1. The number of phenolic OH excluding ortho intramolecular Hbond substituents is 1. The van der Waals surface area contributed by atoms with E-state index in [0.29, 0.717) is 24.2 Å². The number of halogens is 1. The molecule has 0 saturated heterocycles. The molecule has 0 atom stereocenters. The maximum atomic E-state index is 14.3. The van der Waals surface area contributed by atoms with Crippen molar-refractivity contribution in [3.8, 4) is 5.75 Å². The third kappa shape index (κ3) is 2.71. The molecule has 2 rings (SSSR count). The van der Waals surface area contributed by atoms with Crippen LogP contribution in [0.25, 0.3) is 10.9 Å². The molecule has 21 heavy (non-hydrogen) atoms. The third-order valence-electron chi connectivity index (χ3n) is 3.67. The summed E-state index contributed by atoms with van der Waals surface area (Å²) in [6, 6.07) is 2.99. The number of ether oxygens (including phenoxy) is 1. The molecule has 114 valence electrons. The maximum absolute atomic E-state index is 14.3. The van der Waals surface area contributed by atoms with Crippen molar-refractivity contribution in [1.82, 2.24) is 9.88 Å². The zero-order valence-electron chi connectivity index (χ0n) is 12.4. The Hall–Kier alpha value is -2.08. The zero-order valence-corrected chi connectivity index (χ0v) is 12.4. The number of esters is 1. The number of fused-ring (bicyclic) bond motifs is 1. The molecule has 6 heteroatoms. The van der Waals surface area contributed by atoms with Crippen LogP contribution >= 0.6 is 0 Å². The summed E-state index contributed by atoms with van der Waals surface area (Å²) < 4.78 is 20.9. The van der Waals surface area contributed by atoms with Gasteiger partial charge in [0.2, 0.25) is 0 Å². The van der Waals surface area contributed by atoms with Crippen LogP contribution in [0, 0.1) is 12.7 Å². The lowest BCUT2D eigenvalue weighted by atomic mass is 10.1. The van der Waals surface area contributed by atoms with Crippen molar-refractivity contribution in [2.24, 2.45) is 0 Å². The first-order valence-electron chi connectivity index (χ1n) is 6.71. The standard InChI is InChI=1S/C15H19FN2O3/c1-9-10(8-13(20)21-3)14-11(18(9)7-6-17-2)4-5-12(19)15(14)16/h4-5,17,19H,6-8H2,1-3H3. The van der Waals surface area contributed by atoms with E-state index in [0.717, 1.165) is 5.69 Å². The fraction of sp³-hybridized carbons (Fsp3) is 0.400. The van der Waals surface area contributed by atoms with Gasteiger partial charge in [-0.25, -0.2) is 4.39 Å². The van der Waals surface area contributed by atoms with Crippen LogP contribution in [0.2, 0.25) is 0 Å². The third-order valence-corrected chi connectivity index (χ3v) is 3.67. The average molecular weight is 294 g/mol. The Morgan fingerprint density at radius 1 is 1.48 bits per heavy atom. The van der Waals surface area contributed by atoms with E-state index in [9.17, 15) is 14.3 Å². The smallest absolute Gasteiger partial charge is 0.310 e. The number of nitrogens with zero attached hydrogens (tertiary/aromatic N) is 1. The van der Waals surface area contributed by atoms with E-state index >= 15 is 0 Å². The second-order valence-electron chi connectivity index (χ2n) is 4.86. The van der Waals surface area contributed by atoms with Gasteiger partial charge in [-0.15, -0.1) is 0 Å². The molecular formula is C15H19FN2O3. The van der Waals surface area contributed by atoms with Crippen molar-refractivity contribution in [1.29, 1.82) is 0 Å². The van der Waals surface area contributed by atoms with E-state index < -0.39 is 17.5 Å². The number of aromatic hydroxyl groups is 1. The van der Waals surface area contributed by atoms with Gasteiger partial charge in [-0.05, 0) is 31.7 Å². The summed E-state index contributed by atoms with van der Waals surface area (Å²) in [4.78, 5) is 11.6. The van der Waals surface area contributed by atoms with Gasteiger partial charge in [0, 0.05) is 24.2 Å². The summed E-state index contributed by atoms with van der Waals surface area (Å²) in [5.41, 5.74) is 2.02. The van der Waals surface area contributed by atoms with Crippen molar-refractivity contribution in [3.05, 3.63) is 29.2 Å². The molecule has 1 aromatic heterocycles. The minimum Gasteiger partial charge on any atom is -0.505 e. The van der Waals surface area contributed by atoms with Crippen LogP contribution < -0.4 is 5.32 Å². The Morgan fingerprint density at radius 2 is 2.19 bits per heavy atom.